The van der Waals surface area contributed by atoms with Gasteiger partial charge in [-0.05, 0) is 92.3 Å². The smallest absolute Gasteiger partial charge is 0.0582 e. The summed E-state index contributed by atoms with van der Waals surface area (Å²) in [4.78, 5) is 2.43. The summed E-state index contributed by atoms with van der Waals surface area (Å²) in [6.45, 7) is 4.72. The molecule has 2 heteroatoms. The van der Waals surface area contributed by atoms with Crippen molar-refractivity contribution in [3.05, 3.63) is 193 Å². The maximum Gasteiger partial charge on any atom is 0.0582 e. The lowest BCUT2D eigenvalue weighted by molar-refractivity contribution is 0.630. The molecule has 0 fully saturated rings. The second kappa shape index (κ2) is 11.2. The molecule has 1 aromatic heterocycles. The van der Waals surface area contributed by atoms with Gasteiger partial charge >= 0.3 is 0 Å². The van der Waals surface area contributed by atoms with Crippen LogP contribution in [0.5, 0.6) is 0 Å². The number of nitrogens with zero attached hydrogens (tertiary/aromatic N) is 2. The number of anilines is 3. The molecule has 0 N–H and O–H groups in total. The van der Waals surface area contributed by atoms with Crippen molar-refractivity contribution in [3.8, 4) is 16.8 Å². The second-order valence-corrected chi connectivity index (χ2v) is 15.0. The van der Waals surface area contributed by atoms with Crippen molar-refractivity contribution >= 4 is 71.2 Å². The van der Waals surface area contributed by atoms with E-state index >= 15 is 0 Å². The first-order chi connectivity index (χ1) is 26.0. The van der Waals surface area contributed by atoms with Gasteiger partial charge in [0.2, 0.25) is 0 Å². The molecule has 0 aliphatic carbocycles. The van der Waals surface area contributed by atoms with Gasteiger partial charge in [0.15, 0.2) is 0 Å². The average molecular weight is 677 g/mol. The van der Waals surface area contributed by atoms with Gasteiger partial charge < -0.3 is 9.47 Å². The molecule has 1 aliphatic heterocycles. The molecule has 9 aromatic carbocycles. The van der Waals surface area contributed by atoms with E-state index in [9.17, 15) is 0 Å². The van der Waals surface area contributed by atoms with Crippen molar-refractivity contribution in [1.82, 2.24) is 4.57 Å². The Kier molecular flexibility index (Phi) is 6.33. The first-order valence-corrected chi connectivity index (χ1v) is 18.5. The molecule has 2 heterocycles. The minimum Gasteiger partial charge on any atom is -0.309 e. The molecule has 0 spiro atoms. The van der Waals surface area contributed by atoms with Gasteiger partial charge in [-0.15, -0.1) is 0 Å². The fraction of sp³-hybridized carbons (Fsp3) is 0.0588. The van der Waals surface area contributed by atoms with Gasteiger partial charge in [0.25, 0.3) is 0 Å². The van der Waals surface area contributed by atoms with Crippen LogP contribution in [-0.4, -0.2) is 4.57 Å². The lowest BCUT2D eigenvalue weighted by Gasteiger charge is -2.34. The van der Waals surface area contributed by atoms with Crippen molar-refractivity contribution in [2.75, 3.05) is 4.90 Å². The summed E-state index contributed by atoms with van der Waals surface area (Å²) in [6, 6.07) is 67.2. The molecule has 0 saturated carbocycles. The highest BCUT2D eigenvalue weighted by molar-refractivity contribution is 6.13. The Morgan fingerprint density at radius 3 is 1.75 bits per heavy atom. The largest absolute Gasteiger partial charge is 0.309 e. The highest BCUT2D eigenvalue weighted by Crippen LogP contribution is 2.48. The minimum absolute atomic E-state index is 0.0721. The van der Waals surface area contributed by atoms with Gasteiger partial charge in [-0.2, -0.15) is 0 Å². The zero-order valence-electron chi connectivity index (χ0n) is 29.7. The molecule has 11 rings (SSSR count). The van der Waals surface area contributed by atoms with Crippen LogP contribution in [0.3, 0.4) is 0 Å². The number of fused-ring (bicyclic) bond motifs is 8. The summed E-state index contributed by atoms with van der Waals surface area (Å²) in [5.41, 5.74) is 12.5. The Morgan fingerprint density at radius 2 is 0.981 bits per heavy atom. The molecule has 0 saturated heterocycles. The van der Waals surface area contributed by atoms with Crippen molar-refractivity contribution in [1.29, 1.82) is 0 Å². The van der Waals surface area contributed by atoms with E-state index in [1.165, 1.54) is 93.4 Å². The van der Waals surface area contributed by atoms with Gasteiger partial charge in [0, 0.05) is 32.6 Å². The molecule has 0 amide bonds. The molecule has 10 aromatic rings. The third kappa shape index (κ3) is 4.39. The molecule has 2 nitrogen and oxygen atoms in total. The van der Waals surface area contributed by atoms with Gasteiger partial charge in [0.05, 0.1) is 28.1 Å². The van der Waals surface area contributed by atoms with Crippen LogP contribution in [0.1, 0.15) is 25.0 Å². The van der Waals surface area contributed by atoms with Crippen molar-refractivity contribution < 1.29 is 0 Å². The second-order valence-electron chi connectivity index (χ2n) is 15.0. The van der Waals surface area contributed by atoms with Gasteiger partial charge in [-0.25, -0.2) is 0 Å². The standard InChI is InChI=1S/C51H36N2/c1-51(2)44-19-7-8-21-49(44)53-48-29-27-38(32-43(48)42-18-11-20-45(51)50(42)53)35-24-25-37-31-39(28-26-36(37)30-35)52(46-22-9-14-33-12-3-5-16-40(33)46)47-23-10-15-34-13-4-6-17-41(34)47/h3-32H,1-2H3. The van der Waals surface area contributed by atoms with Gasteiger partial charge in [0.1, 0.15) is 0 Å². The van der Waals surface area contributed by atoms with Crippen LogP contribution in [0.15, 0.2) is 182 Å². The Bertz CT molecular complexity index is 3020. The van der Waals surface area contributed by atoms with Gasteiger partial charge in [-0.1, -0.05) is 147 Å². The predicted molar refractivity (Wildman–Crippen MR) is 226 cm³/mol. The zero-order chi connectivity index (χ0) is 35.3. The molecule has 53 heavy (non-hydrogen) atoms. The molecule has 0 atom stereocenters. The summed E-state index contributed by atoms with van der Waals surface area (Å²) in [5.74, 6) is 0. The summed E-state index contributed by atoms with van der Waals surface area (Å²) in [5, 5.41) is 9.95. The fourth-order valence-electron chi connectivity index (χ4n) is 9.11. The maximum atomic E-state index is 2.49. The predicted octanol–water partition coefficient (Wildman–Crippen LogP) is 14.0. The third-order valence-corrected chi connectivity index (χ3v) is 11.7. The van der Waals surface area contributed by atoms with Crippen molar-refractivity contribution in [3.63, 3.8) is 0 Å². The van der Waals surface area contributed by atoms with Crippen molar-refractivity contribution in [2.24, 2.45) is 0 Å². The number of benzene rings is 9. The number of rotatable bonds is 4. The molecule has 250 valence electrons. The topological polar surface area (TPSA) is 8.17 Å². The first-order valence-electron chi connectivity index (χ1n) is 18.5. The highest BCUT2D eigenvalue weighted by atomic mass is 15.1. The van der Waals surface area contributed by atoms with Crippen LogP contribution in [0.25, 0.3) is 70.9 Å². The van der Waals surface area contributed by atoms with Crippen LogP contribution in [0, 0.1) is 0 Å². The van der Waals surface area contributed by atoms with E-state index in [2.05, 4.69) is 205 Å². The van der Waals surface area contributed by atoms with Crippen LogP contribution in [0.2, 0.25) is 0 Å². The average Bonchev–Trinajstić information content (AvgIpc) is 3.54. The molecular formula is C51H36N2. The van der Waals surface area contributed by atoms with Crippen LogP contribution in [0.4, 0.5) is 17.1 Å². The summed E-state index contributed by atoms with van der Waals surface area (Å²) in [7, 11) is 0. The van der Waals surface area contributed by atoms with E-state index < -0.39 is 0 Å². The van der Waals surface area contributed by atoms with Crippen LogP contribution >= 0.6 is 0 Å². The van der Waals surface area contributed by atoms with Crippen molar-refractivity contribution in [2.45, 2.75) is 19.3 Å². The minimum atomic E-state index is -0.0721. The van der Waals surface area contributed by atoms with Gasteiger partial charge in [-0.3, -0.25) is 0 Å². The summed E-state index contributed by atoms with van der Waals surface area (Å²) < 4.78 is 2.49. The number of aromatic nitrogens is 1. The monoisotopic (exact) mass is 676 g/mol. The van der Waals surface area contributed by atoms with E-state index in [0.717, 1.165) is 5.69 Å². The Morgan fingerprint density at radius 1 is 0.415 bits per heavy atom. The molecule has 0 unspecified atom stereocenters. The first kappa shape index (κ1) is 30.0. The Hall–Kier alpha value is -6.64. The molecule has 1 aliphatic rings. The van der Waals surface area contributed by atoms with E-state index in [1.54, 1.807) is 0 Å². The zero-order valence-corrected chi connectivity index (χ0v) is 29.7. The lowest BCUT2D eigenvalue weighted by Crippen LogP contribution is -2.26. The summed E-state index contributed by atoms with van der Waals surface area (Å²) in [6.07, 6.45) is 0. The SMILES string of the molecule is CC1(C)c2ccccc2-n2c3ccc(-c4ccc5cc(N(c6cccc7ccccc67)c6cccc7ccccc67)ccc5c4)cc3c3cccc1c32. The number of hydrogen-bond donors (Lipinski definition) is 0. The third-order valence-electron chi connectivity index (χ3n) is 11.7. The Labute approximate surface area is 308 Å². The number of hydrogen-bond acceptors (Lipinski definition) is 1. The number of para-hydroxylation sites is 2. The fourth-order valence-corrected chi connectivity index (χ4v) is 9.11. The normalized spacial score (nSPS) is 13.2. The van der Waals surface area contributed by atoms with Crippen LogP contribution in [-0.2, 0) is 5.41 Å². The van der Waals surface area contributed by atoms with E-state index in [-0.39, 0.29) is 5.41 Å². The lowest BCUT2D eigenvalue weighted by atomic mass is 9.75. The highest BCUT2D eigenvalue weighted by Gasteiger charge is 2.34. The van der Waals surface area contributed by atoms with E-state index in [4.69, 9.17) is 0 Å². The van der Waals surface area contributed by atoms with E-state index in [0.29, 0.717) is 0 Å². The molecule has 0 bridgehead atoms. The van der Waals surface area contributed by atoms with Crippen LogP contribution < -0.4 is 4.90 Å². The molecular weight excluding hydrogens is 641 g/mol. The van der Waals surface area contributed by atoms with E-state index in [1.807, 2.05) is 0 Å². The maximum absolute atomic E-state index is 2.49. The Balaban J connectivity index is 1.06. The summed E-state index contributed by atoms with van der Waals surface area (Å²) >= 11 is 0. The molecule has 0 radical (unpaired) electrons. The quantitative estimate of drug-likeness (QED) is 0.180.